The fourth-order valence-electron chi connectivity index (χ4n) is 3.43. The number of alkyl halides is 3. The van der Waals surface area contributed by atoms with Crippen LogP contribution in [0.4, 0.5) is 23.7 Å². The van der Waals surface area contributed by atoms with Crippen LogP contribution in [0, 0.1) is 6.92 Å². The van der Waals surface area contributed by atoms with Gasteiger partial charge in [0.25, 0.3) is 0 Å². The van der Waals surface area contributed by atoms with Crippen LogP contribution < -0.4 is 5.32 Å². The van der Waals surface area contributed by atoms with Crippen LogP contribution in [-0.2, 0) is 6.18 Å². The summed E-state index contributed by atoms with van der Waals surface area (Å²) in [5, 5.41) is 6.55. The number of anilines is 1. The van der Waals surface area contributed by atoms with E-state index in [0.29, 0.717) is 24.7 Å². The van der Waals surface area contributed by atoms with Crippen molar-refractivity contribution in [1.82, 2.24) is 15.0 Å². The van der Waals surface area contributed by atoms with E-state index in [1.54, 1.807) is 0 Å². The van der Waals surface area contributed by atoms with E-state index in [4.69, 9.17) is 4.52 Å². The Morgan fingerprint density at radius 1 is 1.20 bits per heavy atom. The highest BCUT2D eigenvalue weighted by molar-refractivity contribution is 5.89. The first-order valence-corrected chi connectivity index (χ1v) is 9.47. The summed E-state index contributed by atoms with van der Waals surface area (Å²) < 4.78 is 44.1. The van der Waals surface area contributed by atoms with Crippen LogP contribution in [0.25, 0.3) is 11.4 Å². The Balaban J connectivity index is 1.50. The van der Waals surface area contributed by atoms with Gasteiger partial charge in [0.15, 0.2) is 0 Å². The fourth-order valence-corrected chi connectivity index (χ4v) is 3.43. The average molecular weight is 416 g/mol. The van der Waals surface area contributed by atoms with E-state index >= 15 is 0 Å². The normalized spacial score (nSPS) is 16.7. The summed E-state index contributed by atoms with van der Waals surface area (Å²) in [4.78, 5) is 18.7. The molecule has 1 atom stereocenters. The molecule has 0 aliphatic carbocycles. The largest absolute Gasteiger partial charge is 0.416 e. The van der Waals surface area contributed by atoms with Crippen molar-refractivity contribution < 1.29 is 22.5 Å². The smallest absolute Gasteiger partial charge is 0.337 e. The van der Waals surface area contributed by atoms with Gasteiger partial charge in [-0.15, -0.1) is 0 Å². The Labute approximate surface area is 170 Å². The number of aryl methyl sites for hydroxylation is 1. The molecule has 1 saturated heterocycles. The Kier molecular flexibility index (Phi) is 5.19. The van der Waals surface area contributed by atoms with Crippen LogP contribution in [-0.4, -0.2) is 27.6 Å². The molecule has 156 valence electrons. The molecule has 1 aliphatic heterocycles. The van der Waals surface area contributed by atoms with Gasteiger partial charge in [0.05, 0.1) is 5.56 Å². The number of rotatable bonds is 3. The van der Waals surface area contributed by atoms with Gasteiger partial charge in [0.1, 0.15) is 6.04 Å². The first-order valence-electron chi connectivity index (χ1n) is 9.47. The summed E-state index contributed by atoms with van der Waals surface area (Å²) in [5.41, 5.74) is 1.16. The van der Waals surface area contributed by atoms with E-state index in [9.17, 15) is 18.0 Å². The maximum Gasteiger partial charge on any atom is 0.416 e. The van der Waals surface area contributed by atoms with Gasteiger partial charge in [-0.05, 0) is 38.0 Å². The van der Waals surface area contributed by atoms with Crippen molar-refractivity contribution in [2.45, 2.75) is 32.0 Å². The molecular weight excluding hydrogens is 397 g/mol. The Bertz CT molecular complexity index is 1050. The molecule has 4 rings (SSSR count). The molecule has 1 N–H and O–H groups in total. The van der Waals surface area contributed by atoms with E-state index in [0.717, 1.165) is 29.7 Å². The summed E-state index contributed by atoms with van der Waals surface area (Å²) in [6.07, 6.45) is -3.12. The average Bonchev–Trinajstić information content (AvgIpc) is 3.37. The van der Waals surface area contributed by atoms with Gasteiger partial charge in [-0.3, -0.25) is 0 Å². The van der Waals surface area contributed by atoms with Crippen molar-refractivity contribution >= 4 is 11.7 Å². The number of halogens is 3. The highest BCUT2D eigenvalue weighted by Gasteiger charge is 2.35. The Hall–Kier alpha value is -3.36. The zero-order chi connectivity index (χ0) is 21.3. The second kappa shape index (κ2) is 7.81. The minimum atomic E-state index is -4.48. The lowest BCUT2D eigenvalue weighted by Gasteiger charge is -2.22. The molecule has 3 aromatic rings. The summed E-state index contributed by atoms with van der Waals surface area (Å²) in [5.74, 6) is 0.734. The number of benzene rings is 2. The maximum absolute atomic E-state index is 12.9. The van der Waals surface area contributed by atoms with Gasteiger partial charge in [-0.2, -0.15) is 18.2 Å². The second-order valence-corrected chi connectivity index (χ2v) is 7.18. The predicted molar refractivity (Wildman–Crippen MR) is 104 cm³/mol. The minimum Gasteiger partial charge on any atom is -0.337 e. The molecule has 0 bridgehead atoms. The summed E-state index contributed by atoms with van der Waals surface area (Å²) in [6.45, 7) is 2.42. The van der Waals surface area contributed by atoms with Crippen LogP contribution in [0.2, 0.25) is 0 Å². The molecular formula is C21H19F3N4O2. The number of carbonyl (C=O) groups excluding carboxylic acids is 1. The van der Waals surface area contributed by atoms with Crippen molar-refractivity contribution in [2.24, 2.45) is 0 Å². The van der Waals surface area contributed by atoms with Gasteiger partial charge >= 0.3 is 12.2 Å². The lowest BCUT2D eigenvalue weighted by atomic mass is 10.1. The lowest BCUT2D eigenvalue weighted by Crippen LogP contribution is -2.34. The minimum absolute atomic E-state index is 0.0753. The number of amides is 2. The van der Waals surface area contributed by atoms with Crippen molar-refractivity contribution in [3.8, 4) is 11.4 Å². The third-order valence-electron chi connectivity index (χ3n) is 4.99. The number of hydrogen-bond acceptors (Lipinski definition) is 4. The van der Waals surface area contributed by atoms with Crippen molar-refractivity contribution in [3.63, 3.8) is 0 Å². The quantitative estimate of drug-likeness (QED) is 0.618. The number of carbonyl (C=O) groups is 1. The monoisotopic (exact) mass is 416 g/mol. The number of urea groups is 1. The summed E-state index contributed by atoms with van der Waals surface area (Å²) in [7, 11) is 0. The fraction of sp³-hybridized carbons (Fsp3) is 0.286. The predicted octanol–water partition coefficient (Wildman–Crippen LogP) is 5.43. The molecule has 0 spiro atoms. The first kappa shape index (κ1) is 19.9. The molecule has 1 aliphatic rings. The number of aromatic nitrogens is 2. The van der Waals surface area contributed by atoms with Gasteiger partial charge in [-0.1, -0.05) is 41.1 Å². The van der Waals surface area contributed by atoms with Crippen molar-refractivity contribution in [1.29, 1.82) is 0 Å². The molecule has 30 heavy (non-hydrogen) atoms. The second-order valence-electron chi connectivity index (χ2n) is 7.18. The number of hydrogen-bond donors (Lipinski definition) is 1. The van der Waals surface area contributed by atoms with Gasteiger partial charge in [0, 0.05) is 17.8 Å². The van der Waals surface area contributed by atoms with Crippen LogP contribution in [0.15, 0.2) is 53.1 Å². The molecule has 1 fully saturated rings. The molecule has 2 aromatic carbocycles. The number of likely N-dealkylation sites (tertiary alicyclic amines) is 1. The molecule has 1 unspecified atom stereocenters. The highest BCUT2D eigenvalue weighted by Crippen LogP contribution is 2.34. The molecule has 6 nitrogen and oxygen atoms in total. The van der Waals surface area contributed by atoms with E-state index in [-0.39, 0.29) is 5.69 Å². The van der Waals surface area contributed by atoms with E-state index < -0.39 is 23.8 Å². The summed E-state index contributed by atoms with van der Waals surface area (Å²) in [6, 6.07) is 11.3. The maximum atomic E-state index is 12.9. The van der Waals surface area contributed by atoms with Crippen LogP contribution in [0.5, 0.6) is 0 Å². The third-order valence-corrected chi connectivity index (χ3v) is 4.99. The molecule has 2 heterocycles. The van der Waals surface area contributed by atoms with Crippen LogP contribution in [0.3, 0.4) is 0 Å². The summed E-state index contributed by atoms with van der Waals surface area (Å²) >= 11 is 0. The Morgan fingerprint density at radius 2 is 1.97 bits per heavy atom. The van der Waals surface area contributed by atoms with E-state index in [1.165, 1.54) is 17.0 Å². The molecule has 2 amide bonds. The van der Waals surface area contributed by atoms with E-state index in [1.807, 2.05) is 31.2 Å². The van der Waals surface area contributed by atoms with E-state index in [2.05, 4.69) is 15.5 Å². The zero-order valence-electron chi connectivity index (χ0n) is 16.1. The molecule has 9 heteroatoms. The van der Waals surface area contributed by atoms with Crippen molar-refractivity contribution in [2.75, 3.05) is 11.9 Å². The SMILES string of the molecule is Cc1ccc(-c2noc(C3CCCN3C(=O)Nc3cccc(C(F)(F)F)c3)n2)cc1. The van der Waals surface area contributed by atoms with Crippen molar-refractivity contribution in [3.05, 3.63) is 65.5 Å². The van der Waals surface area contributed by atoms with Gasteiger partial charge < -0.3 is 14.7 Å². The third kappa shape index (κ3) is 4.14. The molecule has 0 radical (unpaired) electrons. The van der Waals surface area contributed by atoms with Crippen LogP contribution >= 0.6 is 0 Å². The standard InChI is InChI=1S/C21H19F3N4O2/c1-13-7-9-14(10-8-13)18-26-19(30-27-18)17-6-3-11-28(17)20(29)25-16-5-2-4-15(12-16)21(22,23)24/h2,4-5,7-10,12,17H,3,6,11H2,1H3,(H,25,29). The highest BCUT2D eigenvalue weighted by atomic mass is 19.4. The first-order chi connectivity index (χ1) is 14.3. The Morgan fingerprint density at radius 3 is 2.70 bits per heavy atom. The number of nitrogens with one attached hydrogen (secondary N) is 1. The van der Waals surface area contributed by atoms with Gasteiger partial charge in [-0.25, -0.2) is 4.79 Å². The topological polar surface area (TPSA) is 71.3 Å². The van der Waals surface area contributed by atoms with Crippen LogP contribution in [0.1, 0.15) is 35.9 Å². The number of nitrogens with zero attached hydrogens (tertiary/aromatic N) is 3. The zero-order valence-corrected chi connectivity index (χ0v) is 16.1. The lowest BCUT2D eigenvalue weighted by molar-refractivity contribution is -0.137. The molecule has 1 aromatic heterocycles. The van der Waals surface area contributed by atoms with Gasteiger partial charge in [0.2, 0.25) is 11.7 Å². The molecule has 0 saturated carbocycles.